The first-order chi connectivity index (χ1) is 8.68. The topological polar surface area (TPSA) is 49.4 Å². The third kappa shape index (κ3) is 3.43. The fourth-order valence-corrected chi connectivity index (χ4v) is 5.37. The molecule has 1 saturated carbocycles. The third-order valence-corrected chi connectivity index (χ3v) is 7.25. The Morgan fingerprint density at radius 2 is 1.37 bits per heavy atom. The minimum Gasteiger partial charge on any atom is -0.317 e. The van der Waals surface area contributed by atoms with Gasteiger partial charge in [-0.15, -0.1) is 12.4 Å². The van der Waals surface area contributed by atoms with E-state index in [0.717, 1.165) is 63.7 Å². The highest BCUT2D eigenvalue weighted by molar-refractivity contribution is 7.90. The molecule has 2 aliphatic heterocycles. The van der Waals surface area contributed by atoms with Crippen LogP contribution in [0, 0.1) is 11.8 Å². The molecule has 2 heterocycles. The van der Waals surface area contributed by atoms with E-state index in [9.17, 15) is 8.42 Å². The van der Waals surface area contributed by atoms with Gasteiger partial charge in [0.25, 0.3) is 0 Å². The summed E-state index contributed by atoms with van der Waals surface area (Å²) in [5, 5.41) is 3.37. The lowest BCUT2D eigenvalue weighted by Crippen LogP contribution is -2.43. The number of sulfonamides is 1. The predicted octanol–water partition coefficient (Wildman–Crippen LogP) is 1.61. The van der Waals surface area contributed by atoms with Crippen LogP contribution in [0.5, 0.6) is 0 Å². The lowest BCUT2D eigenvalue weighted by molar-refractivity contribution is 0.176. The first-order valence-electron chi connectivity index (χ1n) is 7.37. The largest absolute Gasteiger partial charge is 0.317 e. The standard InChI is InChI=1S/C13H24N2O2S.ClH/c16-18(17,13-1-2-13)15-9-5-12(6-10-15)11-3-7-14-8-4-11;/h11-14H,1-10H2;1H. The van der Waals surface area contributed by atoms with Crippen molar-refractivity contribution in [2.45, 2.75) is 43.8 Å². The second kappa shape index (κ2) is 6.29. The maximum absolute atomic E-state index is 12.1. The second-order valence-corrected chi connectivity index (χ2v) is 8.28. The van der Waals surface area contributed by atoms with E-state index in [0.29, 0.717) is 0 Å². The van der Waals surface area contributed by atoms with Crippen molar-refractivity contribution in [3.05, 3.63) is 0 Å². The van der Waals surface area contributed by atoms with Gasteiger partial charge in [-0.05, 0) is 63.5 Å². The molecule has 3 rings (SSSR count). The quantitative estimate of drug-likeness (QED) is 0.862. The lowest BCUT2D eigenvalue weighted by Gasteiger charge is -2.37. The van der Waals surface area contributed by atoms with Crippen molar-refractivity contribution in [1.29, 1.82) is 0 Å². The molecule has 0 unspecified atom stereocenters. The minimum absolute atomic E-state index is 0. The summed E-state index contributed by atoms with van der Waals surface area (Å²) in [6.07, 6.45) is 6.49. The van der Waals surface area contributed by atoms with Crippen molar-refractivity contribution < 1.29 is 8.42 Å². The third-order valence-electron chi connectivity index (χ3n) is 4.85. The van der Waals surface area contributed by atoms with E-state index in [2.05, 4.69) is 5.32 Å². The van der Waals surface area contributed by atoms with E-state index in [1.54, 1.807) is 4.31 Å². The van der Waals surface area contributed by atoms with Gasteiger partial charge in [0.1, 0.15) is 0 Å². The maximum Gasteiger partial charge on any atom is 0.216 e. The van der Waals surface area contributed by atoms with Crippen LogP contribution in [0.1, 0.15) is 38.5 Å². The van der Waals surface area contributed by atoms with Gasteiger partial charge in [-0.3, -0.25) is 0 Å². The molecule has 1 aliphatic carbocycles. The number of hydrogen-bond acceptors (Lipinski definition) is 3. The number of piperidine rings is 2. The maximum atomic E-state index is 12.1. The molecular formula is C13H25ClN2O2S. The van der Waals surface area contributed by atoms with Gasteiger partial charge >= 0.3 is 0 Å². The summed E-state index contributed by atoms with van der Waals surface area (Å²) in [6, 6.07) is 0. The number of rotatable bonds is 3. The van der Waals surface area contributed by atoms with Crippen LogP contribution in [-0.2, 0) is 10.0 Å². The van der Waals surface area contributed by atoms with Gasteiger partial charge in [0.05, 0.1) is 5.25 Å². The molecule has 0 aromatic rings. The zero-order chi connectivity index (χ0) is 12.6. The van der Waals surface area contributed by atoms with Crippen LogP contribution < -0.4 is 5.32 Å². The molecule has 0 amide bonds. The molecule has 0 aromatic carbocycles. The van der Waals surface area contributed by atoms with E-state index in [1.807, 2.05) is 0 Å². The molecule has 0 atom stereocenters. The van der Waals surface area contributed by atoms with E-state index < -0.39 is 10.0 Å². The Morgan fingerprint density at radius 1 is 0.842 bits per heavy atom. The Kier molecular flexibility index (Phi) is 5.15. The van der Waals surface area contributed by atoms with E-state index in [1.165, 1.54) is 12.8 Å². The molecule has 3 aliphatic rings. The first kappa shape index (κ1) is 15.5. The fraction of sp³-hybridized carbons (Fsp3) is 1.00. The summed E-state index contributed by atoms with van der Waals surface area (Å²) in [6.45, 7) is 3.83. The predicted molar refractivity (Wildman–Crippen MR) is 79.1 cm³/mol. The number of nitrogens with one attached hydrogen (secondary N) is 1. The number of halogens is 1. The van der Waals surface area contributed by atoms with Crippen molar-refractivity contribution in [3.63, 3.8) is 0 Å². The Labute approximate surface area is 122 Å². The Hall–Kier alpha value is 0.160. The second-order valence-electron chi connectivity index (χ2n) is 6.07. The molecule has 3 fully saturated rings. The van der Waals surface area contributed by atoms with Crippen LogP contribution in [0.4, 0.5) is 0 Å². The molecule has 0 bridgehead atoms. The average molecular weight is 309 g/mol. The molecule has 1 N–H and O–H groups in total. The molecule has 0 radical (unpaired) electrons. The van der Waals surface area contributed by atoms with Gasteiger partial charge in [0.15, 0.2) is 0 Å². The summed E-state index contributed by atoms with van der Waals surface area (Å²) in [5.41, 5.74) is 0. The molecule has 0 spiro atoms. The van der Waals surface area contributed by atoms with E-state index >= 15 is 0 Å². The van der Waals surface area contributed by atoms with Crippen LogP contribution in [-0.4, -0.2) is 44.2 Å². The Morgan fingerprint density at radius 3 is 1.89 bits per heavy atom. The molecule has 4 nitrogen and oxygen atoms in total. The monoisotopic (exact) mass is 308 g/mol. The minimum atomic E-state index is -2.92. The average Bonchev–Trinajstić information content (AvgIpc) is 3.25. The zero-order valence-corrected chi connectivity index (χ0v) is 13.0. The van der Waals surface area contributed by atoms with Crippen molar-refractivity contribution in [2.75, 3.05) is 26.2 Å². The highest BCUT2D eigenvalue weighted by Gasteiger charge is 2.41. The first-order valence-corrected chi connectivity index (χ1v) is 8.88. The van der Waals surface area contributed by atoms with Gasteiger partial charge in [-0.25, -0.2) is 12.7 Å². The van der Waals surface area contributed by atoms with Crippen molar-refractivity contribution in [2.24, 2.45) is 11.8 Å². The summed E-state index contributed by atoms with van der Waals surface area (Å²) in [4.78, 5) is 0. The smallest absolute Gasteiger partial charge is 0.216 e. The Bertz CT molecular complexity index is 383. The van der Waals surface area contributed by atoms with Crippen molar-refractivity contribution in [1.82, 2.24) is 9.62 Å². The van der Waals surface area contributed by atoms with Gasteiger partial charge < -0.3 is 5.32 Å². The summed E-state index contributed by atoms with van der Waals surface area (Å²) in [7, 11) is -2.92. The highest BCUT2D eigenvalue weighted by Crippen LogP contribution is 2.36. The summed E-state index contributed by atoms with van der Waals surface area (Å²) >= 11 is 0. The van der Waals surface area contributed by atoms with Crippen LogP contribution in [0.15, 0.2) is 0 Å². The SMILES string of the molecule is Cl.O=S(=O)(C1CC1)N1CCC(C2CCNCC2)CC1. The van der Waals surface area contributed by atoms with Gasteiger partial charge in [0, 0.05) is 13.1 Å². The van der Waals surface area contributed by atoms with Crippen LogP contribution in [0.2, 0.25) is 0 Å². The van der Waals surface area contributed by atoms with Crippen LogP contribution in [0.3, 0.4) is 0 Å². The normalized spacial score (nSPS) is 28.0. The summed E-state index contributed by atoms with van der Waals surface area (Å²) < 4.78 is 26.1. The van der Waals surface area contributed by atoms with Crippen LogP contribution >= 0.6 is 12.4 Å². The molecule has 0 aromatic heterocycles. The lowest BCUT2D eigenvalue weighted by atomic mass is 9.79. The van der Waals surface area contributed by atoms with E-state index in [4.69, 9.17) is 0 Å². The van der Waals surface area contributed by atoms with Crippen molar-refractivity contribution in [3.8, 4) is 0 Å². The molecule has 2 saturated heterocycles. The molecule has 19 heavy (non-hydrogen) atoms. The summed E-state index contributed by atoms with van der Waals surface area (Å²) in [5.74, 6) is 1.59. The zero-order valence-electron chi connectivity index (χ0n) is 11.4. The van der Waals surface area contributed by atoms with Crippen molar-refractivity contribution >= 4 is 22.4 Å². The highest BCUT2D eigenvalue weighted by atomic mass is 35.5. The van der Waals surface area contributed by atoms with Gasteiger partial charge in [-0.1, -0.05) is 0 Å². The van der Waals surface area contributed by atoms with Crippen LogP contribution in [0.25, 0.3) is 0 Å². The number of nitrogens with zero attached hydrogens (tertiary/aromatic N) is 1. The van der Waals surface area contributed by atoms with E-state index in [-0.39, 0.29) is 17.7 Å². The van der Waals surface area contributed by atoms with Gasteiger partial charge in [0.2, 0.25) is 10.0 Å². The Balaban J connectivity index is 0.00000133. The molecular weight excluding hydrogens is 284 g/mol. The molecule has 112 valence electrons. The number of hydrogen-bond donors (Lipinski definition) is 1. The fourth-order valence-electron chi connectivity index (χ4n) is 3.49. The molecule has 6 heteroatoms. The van der Waals surface area contributed by atoms with Gasteiger partial charge in [-0.2, -0.15) is 0 Å².